The van der Waals surface area contributed by atoms with Gasteiger partial charge in [0.25, 0.3) is 0 Å². The van der Waals surface area contributed by atoms with Gasteiger partial charge in [-0.25, -0.2) is 0 Å². The number of nitrogens with one attached hydrogen (secondary N) is 1. The Morgan fingerprint density at radius 3 is 2.69 bits per heavy atom. The first kappa shape index (κ1) is 10.7. The molecule has 6 nitrogen and oxygen atoms in total. The predicted octanol–water partition coefficient (Wildman–Crippen LogP) is -2.56. The second-order valence-electron chi connectivity index (χ2n) is 3.13. The van der Waals surface area contributed by atoms with Crippen LogP contribution in [-0.4, -0.2) is 42.0 Å². The van der Waals surface area contributed by atoms with Gasteiger partial charge in [0, 0.05) is 19.7 Å². The third-order valence-electron chi connectivity index (χ3n) is 1.94. The first-order valence-corrected chi connectivity index (χ1v) is 5.91. The fourth-order valence-corrected chi connectivity index (χ4v) is 3.22. The van der Waals surface area contributed by atoms with Crippen LogP contribution in [0.4, 0.5) is 0 Å². The molecule has 0 radical (unpaired) electrons. The molecule has 1 amide bonds. The van der Waals surface area contributed by atoms with Gasteiger partial charge in [0.05, 0.1) is 18.7 Å². The van der Waals surface area contributed by atoms with Gasteiger partial charge < -0.3 is 25.6 Å². The van der Waals surface area contributed by atoms with Crippen LogP contribution in [-0.2, 0) is 9.36 Å². The lowest BCUT2D eigenvalue weighted by Crippen LogP contribution is -2.44. The van der Waals surface area contributed by atoms with Crippen LogP contribution in [0.1, 0.15) is 0 Å². The van der Waals surface area contributed by atoms with E-state index in [-0.39, 0.29) is 18.9 Å². The molecule has 13 heavy (non-hydrogen) atoms. The Morgan fingerprint density at radius 1 is 1.69 bits per heavy atom. The van der Waals surface area contributed by atoms with E-state index in [1.165, 1.54) is 0 Å². The standard InChI is InChI=1S/C6H13N2O4P/c7-1-6(10)8-4-2-13(11,12)3-5(4)9/h4-5,9H,1-3,7H2,(H,8,10)(H,11,12)/p-1. The van der Waals surface area contributed by atoms with E-state index in [0.717, 1.165) is 0 Å². The summed E-state index contributed by atoms with van der Waals surface area (Å²) in [5.41, 5.74) is 5.02. The van der Waals surface area contributed by atoms with Crippen molar-refractivity contribution in [2.45, 2.75) is 12.1 Å². The number of hydrogen-bond acceptors (Lipinski definition) is 5. The number of carbonyl (C=O) groups is 1. The molecule has 0 aromatic carbocycles. The number of carbonyl (C=O) groups excluding carboxylic acids is 1. The summed E-state index contributed by atoms with van der Waals surface area (Å²) in [6.07, 6.45) is -1.44. The van der Waals surface area contributed by atoms with E-state index in [4.69, 9.17) is 5.73 Å². The summed E-state index contributed by atoms with van der Waals surface area (Å²) in [5.74, 6) is -0.453. The monoisotopic (exact) mass is 207 g/mol. The normalized spacial score (nSPS) is 39.0. The summed E-state index contributed by atoms with van der Waals surface area (Å²) in [5, 5.41) is 11.6. The van der Waals surface area contributed by atoms with Crippen LogP contribution in [0.2, 0.25) is 0 Å². The number of hydrogen-bond donors (Lipinski definition) is 3. The SMILES string of the molecule is NCC(=O)NC1CP(=O)([O-])CC1O. The minimum Gasteiger partial charge on any atom is -0.799 e. The van der Waals surface area contributed by atoms with Crippen molar-refractivity contribution in [3.8, 4) is 0 Å². The van der Waals surface area contributed by atoms with Crippen LogP contribution in [0.25, 0.3) is 0 Å². The molecular weight excluding hydrogens is 195 g/mol. The fourth-order valence-electron chi connectivity index (χ4n) is 1.32. The van der Waals surface area contributed by atoms with Gasteiger partial charge in [-0.2, -0.15) is 0 Å². The van der Waals surface area contributed by atoms with Gasteiger partial charge >= 0.3 is 0 Å². The Hall–Kier alpha value is -0.420. The lowest BCUT2D eigenvalue weighted by atomic mass is 10.2. The fraction of sp³-hybridized carbons (Fsp3) is 0.833. The van der Waals surface area contributed by atoms with Gasteiger partial charge in [0.15, 0.2) is 0 Å². The Labute approximate surface area is 75.6 Å². The highest BCUT2D eigenvalue weighted by molar-refractivity contribution is 7.57. The van der Waals surface area contributed by atoms with Crippen LogP contribution in [0.5, 0.6) is 0 Å². The first-order chi connectivity index (χ1) is 5.94. The molecular formula is C6H12N2O4P-. The van der Waals surface area contributed by atoms with Gasteiger partial charge in [-0.05, 0) is 0 Å². The summed E-state index contributed by atoms with van der Waals surface area (Å²) in [6, 6.07) is -0.695. The van der Waals surface area contributed by atoms with E-state index in [2.05, 4.69) is 5.32 Å². The molecule has 4 N–H and O–H groups in total. The molecule has 1 aliphatic rings. The highest BCUT2D eigenvalue weighted by Gasteiger charge is 2.34. The molecule has 0 saturated carbocycles. The van der Waals surface area contributed by atoms with Crippen molar-refractivity contribution in [3.63, 3.8) is 0 Å². The van der Waals surface area contributed by atoms with E-state index < -0.39 is 25.4 Å². The lowest BCUT2D eigenvalue weighted by Gasteiger charge is -2.16. The molecule has 0 aliphatic carbocycles. The van der Waals surface area contributed by atoms with Crippen LogP contribution in [0.3, 0.4) is 0 Å². The van der Waals surface area contributed by atoms with Gasteiger partial charge in [0.1, 0.15) is 0 Å². The number of nitrogens with two attached hydrogens (primary N) is 1. The molecule has 0 aromatic heterocycles. The maximum Gasteiger partial charge on any atom is 0.234 e. The first-order valence-electron chi connectivity index (χ1n) is 3.91. The topological polar surface area (TPSA) is 115 Å². The lowest BCUT2D eigenvalue weighted by molar-refractivity contribution is -0.174. The van der Waals surface area contributed by atoms with E-state index in [1.54, 1.807) is 0 Å². The Bertz CT molecular complexity index is 257. The number of amides is 1. The predicted molar refractivity (Wildman–Crippen MR) is 44.3 cm³/mol. The smallest absolute Gasteiger partial charge is 0.234 e. The minimum absolute atomic E-state index is 0.181. The molecule has 76 valence electrons. The van der Waals surface area contributed by atoms with Gasteiger partial charge in [-0.3, -0.25) is 4.79 Å². The molecule has 3 unspecified atom stereocenters. The van der Waals surface area contributed by atoms with E-state index >= 15 is 0 Å². The van der Waals surface area contributed by atoms with Crippen molar-refractivity contribution in [3.05, 3.63) is 0 Å². The van der Waals surface area contributed by atoms with Crippen LogP contribution in [0, 0.1) is 0 Å². The molecule has 1 saturated heterocycles. The summed E-state index contributed by atoms with van der Waals surface area (Å²) in [4.78, 5) is 21.8. The van der Waals surface area contributed by atoms with Crippen molar-refractivity contribution in [1.29, 1.82) is 0 Å². The minimum atomic E-state index is -3.48. The van der Waals surface area contributed by atoms with Gasteiger partial charge in [0.2, 0.25) is 5.91 Å². The number of aliphatic hydroxyl groups excluding tert-OH is 1. The van der Waals surface area contributed by atoms with Crippen LogP contribution >= 0.6 is 7.37 Å². The molecule has 0 aromatic rings. The third kappa shape index (κ3) is 2.77. The van der Waals surface area contributed by atoms with E-state index in [9.17, 15) is 19.4 Å². The summed E-state index contributed by atoms with van der Waals surface area (Å²) < 4.78 is 11.0. The number of aliphatic hydroxyl groups is 1. The second kappa shape index (κ2) is 3.75. The van der Waals surface area contributed by atoms with Crippen molar-refractivity contribution in [2.75, 3.05) is 18.9 Å². The molecule has 1 rings (SSSR count). The summed E-state index contributed by atoms with van der Waals surface area (Å²) in [6.45, 7) is -0.202. The molecule has 3 atom stereocenters. The van der Waals surface area contributed by atoms with Crippen molar-refractivity contribution >= 4 is 13.3 Å². The molecule has 1 fully saturated rings. The van der Waals surface area contributed by atoms with Crippen molar-refractivity contribution in [2.24, 2.45) is 5.73 Å². The largest absolute Gasteiger partial charge is 0.799 e. The van der Waals surface area contributed by atoms with Crippen molar-refractivity contribution in [1.82, 2.24) is 5.32 Å². The molecule has 1 aliphatic heterocycles. The zero-order valence-corrected chi connectivity index (χ0v) is 7.87. The van der Waals surface area contributed by atoms with E-state index in [0.29, 0.717) is 0 Å². The molecule has 0 spiro atoms. The Morgan fingerprint density at radius 2 is 2.31 bits per heavy atom. The summed E-state index contributed by atoms with van der Waals surface area (Å²) in [7, 11) is -3.48. The Kier molecular flexibility index (Phi) is 3.08. The maximum atomic E-state index is 11.0. The summed E-state index contributed by atoms with van der Waals surface area (Å²) >= 11 is 0. The zero-order chi connectivity index (χ0) is 10.1. The highest BCUT2D eigenvalue weighted by atomic mass is 31.2. The average Bonchev–Trinajstić information content (AvgIpc) is 2.24. The average molecular weight is 207 g/mol. The van der Waals surface area contributed by atoms with Crippen LogP contribution < -0.4 is 15.9 Å². The Balaban J connectivity index is 2.53. The van der Waals surface area contributed by atoms with Gasteiger partial charge in [-0.15, -0.1) is 0 Å². The number of rotatable bonds is 2. The van der Waals surface area contributed by atoms with Crippen LogP contribution in [0.15, 0.2) is 0 Å². The van der Waals surface area contributed by atoms with Gasteiger partial charge in [-0.1, -0.05) is 0 Å². The quantitative estimate of drug-likeness (QED) is 0.431. The second-order valence-corrected chi connectivity index (χ2v) is 5.48. The molecule has 7 heteroatoms. The van der Waals surface area contributed by atoms with E-state index in [1.807, 2.05) is 0 Å². The van der Waals surface area contributed by atoms with Crippen molar-refractivity contribution < 1.29 is 19.4 Å². The highest BCUT2D eigenvalue weighted by Crippen LogP contribution is 2.43. The molecule has 0 bridgehead atoms. The molecule has 1 heterocycles. The third-order valence-corrected chi connectivity index (χ3v) is 3.82. The zero-order valence-electron chi connectivity index (χ0n) is 6.97. The maximum absolute atomic E-state index is 11.0.